The molecule has 1 fully saturated rings. The lowest BCUT2D eigenvalue weighted by atomic mass is 10.0. The number of aryl methyl sites for hydroxylation is 1. The van der Waals surface area contributed by atoms with Crippen molar-refractivity contribution in [2.45, 2.75) is 32.5 Å². The molecule has 140 valence electrons. The van der Waals surface area contributed by atoms with Crippen LogP contribution in [-0.2, 0) is 13.1 Å². The molecule has 0 radical (unpaired) electrons. The Morgan fingerprint density at radius 2 is 1.92 bits per heavy atom. The molecule has 1 aliphatic heterocycles. The predicted octanol–water partition coefficient (Wildman–Crippen LogP) is 3.07. The van der Waals surface area contributed by atoms with E-state index in [-0.39, 0.29) is 6.61 Å². The van der Waals surface area contributed by atoms with Gasteiger partial charge in [0.2, 0.25) is 0 Å². The first-order valence-electron chi connectivity index (χ1n) is 9.44. The number of aliphatic hydroxyl groups is 1. The predicted molar refractivity (Wildman–Crippen MR) is 105 cm³/mol. The van der Waals surface area contributed by atoms with Gasteiger partial charge >= 0.3 is 0 Å². The molecule has 3 rings (SSSR count). The Balaban J connectivity index is 1.65. The summed E-state index contributed by atoms with van der Waals surface area (Å²) in [5.74, 6) is 0.902. The van der Waals surface area contributed by atoms with Gasteiger partial charge in [-0.25, -0.2) is 0 Å². The fourth-order valence-electron chi connectivity index (χ4n) is 3.77. The van der Waals surface area contributed by atoms with Gasteiger partial charge in [-0.15, -0.1) is 0 Å². The maximum absolute atomic E-state index is 9.54. The molecule has 0 saturated carbocycles. The van der Waals surface area contributed by atoms with Gasteiger partial charge in [-0.3, -0.25) is 9.80 Å². The summed E-state index contributed by atoms with van der Waals surface area (Å²) in [6, 6.07) is 17.3. The van der Waals surface area contributed by atoms with Gasteiger partial charge in [0.15, 0.2) is 0 Å². The maximum Gasteiger partial charge on any atom is 0.119 e. The first-order chi connectivity index (χ1) is 12.7. The lowest BCUT2D eigenvalue weighted by Crippen LogP contribution is -2.52. The molecule has 4 heteroatoms. The quantitative estimate of drug-likeness (QED) is 0.829. The van der Waals surface area contributed by atoms with Crippen molar-refractivity contribution in [3.63, 3.8) is 0 Å². The molecular formula is C22H30N2O2. The SMILES string of the molecule is COc1cccc(CN2CCN(Cc3ccccc3C)CC2CCO)c1. The van der Waals surface area contributed by atoms with E-state index in [0.29, 0.717) is 6.04 Å². The second-order valence-corrected chi connectivity index (χ2v) is 7.15. The molecule has 0 amide bonds. The third-order valence-corrected chi connectivity index (χ3v) is 5.33. The molecule has 1 unspecified atom stereocenters. The normalized spacial score (nSPS) is 18.8. The Labute approximate surface area is 157 Å². The number of aliphatic hydroxyl groups excluding tert-OH is 1. The van der Waals surface area contributed by atoms with Crippen LogP contribution in [0.4, 0.5) is 0 Å². The van der Waals surface area contributed by atoms with Crippen LogP contribution in [0.2, 0.25) is 0 Å². The fraction of sp³-hybridized carbons (Fsp3) is 0.455. The van der Waals surface area contributed by atoms with Crippen LogP contribution in [0.3, 0.4) is 0 Å². The van der Waals surface area contributed by atoms with Gasteiger partial charge < -0.3 is 9.84 Å². The Morgan fingerprint density at radius 3 is 2.69 bits per heavy atom. The molecule has 1 aliphatic rings. The molecule has 1 atom stereocenters. The van der Waals surface area contributed by atoms with E-state index in [0.717, 1.165) is 44.9 Å². The molecule has 0 spiro atoms. The van der Waals surface area contributed by atoms with Crippen LogP contribution in [0, 0.1) is 6.92 Å². The van der Waals surface area contributed by atoms with Gasteiger partial charge in [0, 0.05) is 45.4 Å². The number of piperazine rings is 1. The summed E-state index contributed by atoms with van der Waals surface area (Å²) in [6.45, 7) is 7.38. The number of methoxy groups -OCH3 is 1. The van der Waals surface area contributed by atoms with Crippen molar-refractivity contribution in [2.75, 3.05) is 33.4 Å². The molecule has 0 aliphatic carbocycles. The Morgan fingerprint density at radius 1 is 1.08 bits per heavy atom. The van der Waals surface area contributed by atoms with E-state index in [1.54, 1.807) is 7.11 Å². The minimum atomic E-state index is 0.234. The monoisotopic (exact) mass is 354 g/mol. The topological polar surface area (TPSA) is 35.9 Å². The van der Waals surface area contributed by atoms with E-state index in [1.165, 1.54) is 16.7 Å². The Bertz CT molecular complexity index is 704. The summed E-state index contributed by atoms with van der Waals surface area (Å²) in [6.07, 6.45) is 0.814. The third kappa shape index (κ3) is 4.85. The smallest absolute Gasteiger partial charge is 0.119 e. The van der Waals surface area contributed by atoms with Gasteiger partial charge in [0.1, 0.15) is 5.75 Å². The average molecular weight is 354 g/mol. The molecule has 4 nitrogen and oxygen atoms in total. The highest BCUT2D eigenvalue weighted by molar-refractivity contribution is 5.28. The van der Waals surface area contributed by atoms with Crippen LogP contribution in [0.25, 0.3) is 0 Å². The highest BCUT2D eigenvalue weighted by atomic mass is 16.5. The first-order valence-corrected chi connectivity index (χ1v) is 9.44. The van der Waals surface area contributed by atoms with Gasteiger partial charge in [-0.2, -0.15) is 0 Å². The number of nitrogens with zero attached hydrogens (tertiary/aromatic N) is 2. The molecule has 1 saturated heterocycles. The van der Waals surface area contributed by atoms with Gasteiger partial charge in [-0.05, 0) is 42.2 Å². The van der Waals surface area contributed by atoms with Crippen molar-refractivity contribution in [3.05, 3.63) is 65.2 Å². The van der Waals surface area contributed by atoms with Crippen LogP contribution in [0.1, 0.15) is 23.1 Å². The van der Waals surface area contributed by atoms with Crippen LogP contribution in [-0.4, -0.2) is 54.3 Å². The van der Waals surface area contributed by atoms with E-state index < -0.39 is 0 Å². The van der Waals surface area contributed by atoms with E-state index in [4.69, 9.17) is 4.74 Å². The second kappa shape index (κ2) is 9.17. The van der Waals surface area contributed by atoms with Crippen molar-refractivity contribution >= 4 is 0 Å². The number of hydrogen-bond acceptors (Lipinski definition) is 4. The van der Waals surface area contributed by atoms with Crippen molar-refractivity contribution in [3.8, 4) is 5.75 Å². The summed E-state index contributed by atoms with van der Waals surface area (Å²) >= 11 is 0. The third-order valence-electron chi connectivity index (χ3n) is 5.33. The van der Waals surface area contributed by atoms with E-state index in [1.807, 2.05) is 12.1 Å². The zero-order valence-electron chi connectivity index (χ0n) is 15.9. The minimum absolute atomic E-state index is 0.234. The summed E-state index contributed by atoms with van der Waals surface area (Å²) in [5.41, 5.74) is 4.01. The van der Waals surface area contributed by atoms with Gasteiger partial charge in [0.05, 0.1) is 7.11 Å². The maximum atomic E-state index is 9.54. The molecule has 0 aromatic heterocycles. The summed E-state index contributed by atoms with van der Waals surface area (Å²) < 4.78 is 5.35. The molecule has 0 bridgehead atoms. The van der Waals surface area contributed by atoms with E-state index in [9.17, 15) is 5.11 Å². The minimum Gasteiger partial charge on any atom is -0.497 e. The van der Waals surface area contributed by atoms with Gasteiger partial charge in [0.25, 0.3) is 0 Å². The molecule has 26 heavy (non-hydrogen) atoms. The van der Waals surface area contributed by atoms with Crippen LogP contribution in [0.5, 0.6) is 5.75 Å². The summed E-state index contributed by atoms with van der Waals surface area (Å²) in [4.78, 5) is 5.02. The van der Waals surface area contributed by atoms with Crippen LogP contribution < -0.4 is 4.74 Å². The van der Waals surface area contributed by atoms with E-state index >= 15 is 0 Å². The molecule has 1 N–H and O–H groups in total. The van der Waals surface area contributed by atoms with E-state index in [2.05, 4.69) is 53.1 Å². The van der Waals surface area contributed by atoms with Crippen LogP contribution in [0.15, 0.2) is 48.5 Å². The average Bonchev–Trinajstić information content (AvgIpc) is 2.66. The number of rotatable bonds is 7. The number of ether oxygens (including phenoxy) is 1. The Kier molecular flexibility index (Phi) is 6.67. The summed E-state index contributed by atoms with van der Waals surface area (Å²) in [5, 5.41) is 9.54. The highest BCUT2D eigenvalue weighted by Crippen LogP contribution is 2.21. The second-order valence-electron chi connectivity index (χ2n) is 7.15. The largest absolute Gasteiger partial charge is 0.497 e. The number of hydrogen-bond donors (Lipinski definition) is 1. The van der Waals surface area contributed by atoms with Gasteiger partial charge in [-0.1, -0.05) is 36.4 Å². The number of benzene rings is 2. The zero-order chi connectivity index (χ0) is 18.4. The fourth-order valence-corrected chi connectivity index (χ4v) is 3.77. The zero-order valence-corrected chi connectivity index (χ0v) is 15.9. The van der Waals surface area contributed by atoms with Crippen molar-refractivity contribution < 1.29 is 9.84 Å². The van der Waals surface area contributed by atoms with Crippen LogP contribution >= 0.6 is 0 Å². The van der Waals surface area contributed by atoms with Crippen molar-refractivity contribution in [1.29, 1.82) is 0 Å². The Hall–Kier alpha value is -1.88. The lowest BCUT2D eigenvalue weighted by molar-refractivity contribution is 0.0498. The molecular weight excluding hydrogens is 324 g/mol. The van der Waals surface area contributed by atoms with Crippen molar-refractivity contribution in [1.82, 2.24) is 9.80 Å². The standard InChI is InChI=1S/C22H30N2O2/c1-18-6-3-4-8-20(18)16-23-11-12-24(21(17-23)10-13-25)15-19-7-5-9-22(14-19)26-2/h3-9,14,21,25H,10-13,15-17H2,1-2H3. The first kappa shape index (κ1) is 18.9. The van der Waals surface area contributed by atoms with Crippen molar-refractivity contribution in [2.24, 2.45) is 0 Å². The molecule has 2 aromatic rings. The lowest BCUT2D eigenvalue weighted by Gasteiger charge is -2.41. The molecule has 2 aromatic carbocycles. The summed E-state index contributed by atoms with van der Waals surface area (Å²) in [7, 11) is 1.71. The molecule has 1 heterocycles. The highest BCUT2D eigenvalue weighted by Gasteiger charge is 2.26.